The minimum absolute atomic E-state index is 0.145. The molecule has 0 saturated heterocycles. The Balaban J connectivity index is 2.47. The molecule has 1 N–H and O–H groups in total. The molecule has 0 spiro atoms. The third-order valence-corrected chi connectivity index (χ3v) is 4.70. The van der Waals surface area contributed by atoms with Crippen molar-refractivity contribution in [3.63, 3.8) is 0 Å². The van der Waals surface area contributed by atoms with Gasteiger partial charge in [0.15, 0.2) is 0 Å². The smallest absolute Gasteiger partial charge is 0.0591 e. The highest BCUT2D eigenvalue weighted by Gasteiger charge is 2.17. The largest absolute Gasteiger partial charge is 0.306 e. The lowest BCUT2D eigenvalue weighted by molar-refractivity contribution is 0.598. The first-order valence-electron chi connectivity index (χ1n) is 7.28. The molecule has 0 heterocycles. The highest BCUT2D eigenvalue weighted by molar-refractivity contribution is 14.1. The molecule has 0 aromatic heterocycles. The Hall–Kier alpha value is -0.580. The molecule has 0 radical (unpaired) electrons. The first-order chi connectivity index (χ1) is 10.0. The fraction of sp³-hybridized carbons (Fsp3) is 0.333. The average Bonchev–Trinajstić information content (AvgIpc) is 2.44. The van der Waals surface area contributed by atoms with Crippen LogP contribution in [0.25, 0.3) is 0 Å². The maximum Gasteiger partial charge on any atom is 0.0591 e. The Labute approximate surface area is 146 Å². The Morgan fingerprint density at radius 2 is 1.86 bits per heavy atom. The van der Waals surface area contributed by atoms with Crippen molar-refractivity contribution in [2.75, 3.05) is 6.54 Å². The summed E-state index contributed by atoms with van der Waals surface area (Å²) in [5, 5.41) is 4.47. The molecule has 1 nitrogen and oxygen atoms in total. The van der Waals surface area contributed by atoms with Crippen LogP contribution in [0.1, 0.15) is 41.6 Å². The van der Waals surface area contributed by atoms with E-state index in [0.29, 0.717) is 0 Å². The number of hydrogen-bond donors (Lipinski definition) is 1. The van der Waals surface area contributed by atoms with E-state index in [-0.39, 0.29) is 6.04 Å². The molecule has 0 bridgehead atoms. The minimum atomic E-state index is 0.145. The Bertz CT molecular complexity index is 625. The number of benzene rings is 2. The van der Waals surface area contributed by atoms with Gasteiger partial charge in [0.25, 0.3) is 0 Å². The third-order valence-electron chi connectivity index (χ3n) is 3.70. The summed E-state index contributed by atoms with van der Waals surface area (Å²) in [6.07, 6.45) is 1.10. The molecule has 0 saturated carbocycles. The lowest BCUT2D eigenvalue weighted by Gasteiger charge is -2.22. The molecule has 0 aliphatic heterocycles. The van der Waals surface area contributed by atoms with Gasteiger partial charge < -0.3 is 5.32 Å². The average molecular weight is 414 g/mol. The molecule has 0 aliphatic carbocycles. The van der Waals surface area contributed by atoms with E-state index in [1.54, 1.807) is 0 Å². The summed E-state index contributed by atoms with van der Waals surface area (Å²) in [7, 11) is 0. The van der Waals surface area contributed by atoms with Crippen molar-refractivity contribution in [2.45, 2.75) is 33.2 Å². The number of aryl methyl sites for hydroxylation is 2. The summed E-state index contributed by atoms with van der Waals surface area (Å²) in [6.45, 7) is 7.39. The van der Waals surface area contributed by atoms with Gasteiger partial charge in [-0.1, -0.05) is 36.7 Å². The van der Waals surface area contributed by atoms with Crippen molar-refractivity contribution in [3.8, 4) is 0 Å². The van der Waals surface area contributed by atoms with Crippen LogP contribution in [0.5, 0.6) is 0 Å². The highest BCUT2D eigenvalue weighted by atomic mass is 127. The molecule has 0 amide bonds. The number of hydrogen-bond acceptors (Lipinski definition) is 1. The topological polar surface area (TPSA) is 12.0 Å². The predicted molar refractivity (Wildman–Crippen MR) is 100 cm³/mol. The number of nitrogens with one attached hydrogen (secondary N) is 1. The molecule has 0 aliphatic rings. The van der Waals surface area contributed by atoms with E-state index in [0.717, 1.165) is 23.6 Å². The fourth-order valence-electron chi connectivity index (χ4n) is 2.41. The van der Waals surface area contributed by atoms with Crippen molar-refractivity contribution < 1.29 is 0 Å². The van der Waals surface area contributed by atoms with Crippen LogP contribution in [-0.4, -0.2) is 6.54 Å². The zero-order chi connectivity index (χ0) is 15.4. The quantitative estimate of drug-likeness (QED) is 0.625. The van der Waals surface area contributed by atoms with Gasteiger partial charge in [-0.05, 0) is 89.9 Å². The van der Waals surface area contributed by atoms with Gasteiger partial charge in [-0.25, -0.2) is 0 Å². The van der Waals surface area contributed by atoms with E-state index >= 15 is 0 Å². The van der Waals surface area contributed by atoms with Gasteiger partial charge in [-0.2, -0.15) is 0 Å². The Morgan fingerprint density at radius 3 is 2.52 bits per heavy atom. The second-order valence-electron chi connectivity index (χ2n) is 5.40. The van der Waals surface area contributed by atoms with E-state index in [2.05, 4.69) is 85.1 Å². The van der Waals surface area contributed by atoms with Gasteiger partial charge in [0.1, 0.15) is 0 Å². The zero-order valence-electron chi connectivity index (χ0n) is 12.7. The molecule has 2 rings (SSSR count). The fourth-order valence-corrected chi connectivity index (χ4v) is 3.30. The summed E-state index contributed by atoms with van der Waals surface area (Å²) in [5.41, 5.74) is 4.94. The second kappa shape index (κ2) is 7.61. The molecule has 3 heteroatoms. The first-order valence-corrected chi connectivity index (χ1v) is 8.74. The van der Waals surface area contributed by atoms with E-state index in [1.807, 2.05) is 0 Å². The minimum Gasteiger partial charge on any atom is -0.306 e. The van der Waals surface area contributed by atoms with Crippen molar-refractivity contribution in [3.05, 3.63) is 67.2 Å². The standard InChI is InChI=1S/C18H21ClIN/c1-4-8-21-18(14-6-5-7-15(20)11-14)16-9-12(2)13(3)10-17(16)19/h5-7,9-11,18,21H,4,8H2,1-3H3. The molecular formula is C18H21ClIN. The van der Waals surface area contributed by atoms with Crippen LogP contribution in [0, 0.1) is 17.4 Å². The van der Waals surface area contributed by atoms with Crippen LogP contribution in [0.2, 0.25) is 5.02 Å². The summed E-state index contributed by atoms with van der Waals surface area (Å²) in [5.74, 6) is 0. The Morgan fingerprint density at radius 1 is 1.14 bits per heavy atom. The van der Waals surface area contributed by atoms with Crippen molar-refractivity contribution in [1.29, 1.82) is 0 Å². The van der Waals surface area contributed by atoms with Gasteiger partial charge in [0, 0.05) is 8.59 Å². The molecule has 2 aromatic rings. The van der Waals surface area contributed by atoms with Gasteiger partial charge in [0.05, 0.1) is 6.04 Å². The maximum atomic E-state index is 6.52. The third kappa shape index (κ3) is 4.21. The second-order valence-corrected chi connectivity index (χ2v) is 7.05. The predicted octanol–water partition coefficient (Wildman–Crippen LogP) is 5.65. The first kappa shape index (κ1) is 16.8. The highest BCUT2D eigenvalue weighted by Crippen LogP contribution is 2.31. The van der Waals surface area contributed by atoms with Crippen LogP contribution in [0.4, 0.5) is 0 Å². The van der Waals surface area contributed by atoms with Gasteiger partial charge in [-0.15, -0.1) is 0 Å². The van der Waals surface area contributed by atoms with Crippen molar-refractivity contribution in [1.82, 2.24) is 5.32 Å². The van der Waals surface area contributed by atoms with E-state index in [1.165, 1.54) is 20.3 Å². The van der Waals surface area contributed by atoms with Crippen LogP contribution < -0.4 is 5.32 Å². The molecule has 0 fully saturated rings. The molecule has 1 unspecified atom stereocenters. The molecule has 21 heavy (non-hydrogen) atoms. The molecular weight excluding hydrogens is 393 g/mol. The number of halogens is 2. The maximum absolute atomic E-state index is 6.52. The van der Waals surface area contributed by atoms with E-state index < -0.39 is 0 Å². The molecule has 2 aromatic carbocycles. The molecule has 1 atom stereocenters. The lowest BCUT2D eigenvalue weighted by Crippen LogP contribution is -2.23. The van der Waals surface area contributed by atoms with Gasteiger partial charge >= 0.3 is 0 Å². The summed E-state index contributed by atoms with van der Waals surface area (Å²) in [6, 6.07) is 13.0. The van der Waals surface area contributed by atoms with Crippen LogP contribution in [0.3, 0.4) is 0 Å². The van der Waals surface area contributed by atoms with Crippen molar-refractivity contribution >= 4 is 34.2 Å². The Kier molecular flexibility index (Phi) is 6.08. The molecule has 112 valence electrons. The lowest BCUT2D eigenvalue weighted by atomic mass is 9.95. The van der Waals surface area contributed by atoms with E-state index in [9.17, 15) is 0 Å². The van der Waals surface area contributed by atoms with Crippen LogP contribution in [0.15, 0.2) is 36.4 Å². The SMILES string of the molecule is CCCNC(c1cccc(I)c1)c1cc(C)c(C)cc1Cl. The summed E-state index contributed by atoms with van der Waals surface area (Å²) < 4.78 is 1.24. The zero-order valence-corrected chi connectivity index (χ0v) is 15.6. The van der Waals surface area contributed by atoms with Gasteiger partial charge in [0.2, 0.25) is 0 Å². The summed E-state index contributed by atoms with van der Waals surface area (Å²) >= 11 is 8.88. The number of rotatable bonds is 5. The monoisotopic (exact) mass is 413 g/mol. The van der Waals surface area contributed by atoms with E-state index in [4.69, 9.17) is 11.6 Å². The van der Waals surface area contributed by atoms with Crippen LogP contribution in [-0.2, 0) is 0 Å². The normalized spacial score (nSPS) is 12.4. The van der Waals surface area contributed by atoms with Gasteiger partial charge in [-0.3, -0.25) is 0 Å². The summed E-state index contributed by atoms with van der Waals surface area (Å²) in [4.78, 5) is 0. The van der Waals surface area contributed by atoms with Crippen LogP contribution >= 0.6 is 34.2 Å². The van der Waals surface area contributed by atoms with Crippen molar-refractivity contribution in [2.24, 2.45) is 0 Å².